The van der Waals surface area contributed by atoms with Crippen molar-refractivity contribution in [3.8, 4) is 5.75 Å². The highest BCUT2D eigenvalue weighted by Gasteiger charge is 2.06. The highest BCUT2D eigenvalue weighted by atomic mass is 35.5. The maximum atomic E-state index is 12.0. The predicted octanol–water partition coefficient (Wildman–Crippen LogP) is 4.19. The zero-order chi connectivity index (χ0) is 18.9. The first-order valence-corrected chi connectivity index (χ1v) is 9.35. The summed E-state index contributed by atoms with van der Waals surface area (Å²) in [6.45, 7) is 9.76. The summed E-state index contributed by atoms with van der Waals surface area (Å²) in [5.74, 6) is 0.525. The molecule has 0 radical (unpaired) electrons. The fourth-order valence-corrected chi connectivity index (χ4v) is 2.86. The molecule has 2 aromatic carbocycles. The van der Waals surface area contributed by atoms with Crippen molar-refractivity contribution in [2.45, 2.75) is 33.9 Å². The molecule has 0 atom stereocenters. The number of nitrogens with zero attached hydrogens (tertiary/aromatic N) is 1. The highest BCUT2D eigenvalue weighted by Crippen LogP contribution is 2.21. The van der Waals surface area contributed by atoms with Gasteiger partial charge in [0.2, 0.25) is 0 Å². The van der Waals surface area contributed by atoms with Crippen LogP contribution in [0.5, 0.6) is 5.75 Å². The predicted molar refractivity (Wildman–Crippen MR) is 107 cm³/mol. The number of carbonyl (C=O) groups excluding carboxylic acids is 1. The lowest BCUT2D eigenvalue weighted by Crippen LogP contribution is -2.28. The largest absolute Gasteiger partial charge is 0.484 e. The Bertz CT molecular complexity index is 712. The van der Waals surface area contributed by atoms with Crippen LogP contribution in [0.3, 0.4) is 0 Å². The van der Waals surface area contributed by atoms with E-state index in [2.05, 4.69) is 48.3 Å². The minimum absolute atomic E-state index is 0.0114. The number of hydrogen-bond acceptors (Lipinski definition) is 3. The van der Waals surface area contributed by atoms with Gasteiger partial charge in [-0.15, -0.1) is 0 Å². The van der Waals surface area contributed by atoms with Crippen LogP contribution in [-0.2, 0) is 17.9 Å². The molecule has 0 heterocycles. The van der Waals surface area contributed by atoms with Crippen LogP contribution in [-0.4, -0.2) is 30.5 Å². The van der Waals surface area contributed by atoms with Gasteiger partial charge in [0.15, 0.2) is 6.61 Å². The van der Waals surface area contributed by atoms with Gasteiger partial charge in [0.1, 0.15) is 5.75 Å². The average Bonchev–Trinajstić information content (AvgIpc) is 2.64. The third-order valence-electron chi connectivity index (χ3n) is 4.31. The lowest BCUT2D eigenvalue weighted by molar-refractivity contribution is -0.123. The van der Waals surface area contributed by atoms with E-state index >= 15 is 0 Å². The van der Waals surface area contributed by atoms with E-state index < -0.39 is 0 Å². The van der Waals surface area contributed by atoms with Gasteiger partial charge in [-0.1, -0.05) is 49.7 Å². The van der Waals surface area contributed by atoms with Gasteiger partial charge >= 0.3 is 0 Å². The number of aryl methyl sites for hydroxylation is 1. The van der Waals surface area contributed by atoms with Crippen molar-refractivity contribution in [2.75, 3.05) is 19.7 Å². The number of carbonyl (C=O) groups is 1. The molecule has 4 nitrogen and oxygen atoms in total. The number of benzene rings is 2. The van der Waals surface area contributed by atoms with Gasteiger partial charge in [-0.05, 0) is 54.9 Å². The number of hydrogen-bond donors (Lipinski definition) is 1. The van der Waals surface area contributed by atoms with Crippen molar-refractivity contribution in [3.05, 3.63) is 64.2 Å². The first kappa shape index (κ1) is 20.3. The number of amides is 1. The van der Waals surface area contributed by atoms with Gasteiger partial charge in [0, 0.05) is 18.1 Å². The quantitative estimate of drug-likeness (QED) is 0.715. The second-order valence-electron chi connectivity index (χ2n) is 6.25. The SMILES string of the molecule is CCN(CC)Cc1ccc(CNC(=O)COc2ccc(Cl)cc2C)cc1. The van der Waals surface area contributed by atoms with Crippen LogP contribution in [0, 0.1) is 6.92 Å². The molecule has 0 spiro atoms. The van der Waals surface area contributed by atoms with Gasteiger partial charge in [0.05, 0.1) is 0 Å². The Morgan fingerprint density at radius 1 is 1.08 bits per heavy atom. The van der Waals surface area contributed by atoms with E-state index in [9.17, 15) is 4.79 Å². The van der Waals surface area contributed by atoms with E-state index in [4.69, 9.17) is 16.3 Å². The first-order valence-electron chi connectivity index (χ1n) is 8.97. The number of nitrogens with one attached hydrogen (secondary N) is 1. The Hall–Kier alpha value is -2.04. The molecular weight excluding hydrogens is 348 g/mol. The molecule has 5 heteroatoms. The molecule has 1 amide bonds. The van der Waals surface area contributed by atoms with Crippen LogP contribution in [0.4, 0.5) is 0 Å². The van der Waals surface area contributed by atoms with Gasteiger partial charge in [-0.2, -0.15) is 0 Å². The second kappa shape index (κ2) is 10.2. The zero-order valence-electron chi connectivity index (χ0n) is 15.7. The van der Waals surface area contributed by atoms with E-state index in [0.29, 0.717) is 17.3 Å². The number of ether oxygens (including phenoxy) is 1. The molecular formula is C21H27ClN2O2. The molecule has 0 bridgehead atoms. The van der Waals surface area contributed by atoms with Crippen LogP contribution < -0.4 is 10.1 Å². The van der Waals surface area contributed by atoms with Crippen molar-refractivity contribution in [2.24, 2.45) is 0 Å². The second-order valence-corrected chi connectivity index (χ2v) is 6.69. The van der Waals surface area contributed by atoms with Crippen LogP contribution in [0.1, 0.15) is 30.5 Å². The fraction of sp³-hybridized carbons (Fsp3) is 0.381. The zero-order valence-corrected chi connectivity index (χ0v) is 16.5. The summed E-state index contributed by atoms with van der Waals surface area (Å²) >= 11 is 5.92. The van der Waals surface area contributed by atoms with Crippen LogP contribution >= 0.6 is 11.6 Å². The summed E-state index contributed by atoms with van der Waals surface area (Å²) in [4.78, 5) is 14.4. The topological polar surface area (TPSA) is 41.6 Å². The van der Waals surface area contributed by atoms with Crippen molar-refractivity contribution in [1.82, 2.24) is 10.2 Å². The lowest BCUT2D eigenvalue weighted by Gasteiger charge is -2.18. The van der Waals surface area contributed by atoms with Crippen LogP contribution in [0.25, 0.3) is 0 Å². The van der Waals surface area contributed by atoms with E-state index in [0.717, 1.165) is 30.8 Å². The summed E-state index contributed by atoms with van der Waals surface area (Å²) in [7, 11) is 0. The normalized spacial score (nSPS) is 10.8. The number of rotatable bonds is 9. The molecule has 1 N–H and O–H groups in total. The van der Waals surface area contributed by atoms with E-state index in [1.807, 2.05) is 13.0 Å². The molecule has 0 aliphatic rings. The van der Waals surface area contributed by atoms with E-state index in [1.54, 1.807) is 12.1 Å². The smallest absolute Gasteiger partial charge is 0.258 e. The number of halogens is 1. The van der Waals surface area contributed by atoms with Crippen molar-refractivity contribution < 1.29 is 9.53 Å². The monoisotopic (exact) mass is 374 g/mol. The third kappa shape index (κ3) is 6.36. The van der Waals surface area contributed by atoms with E-state index in [-0.39, 0.29) is 12.5 Å². The molecule has 0 aliphatic carbocycles. The molecule has 26 heavy (non-hydrogen) atoms. The summed E-state index contributed by atoms with van der Waals surface area (Å²) in [5, 5.41) is 3.54. The Balaban J connectivity index is 1.78. The minimum Gasteiger partial charge on any atom is -0.484 e. The van der Waals surface area contributed by atoms with Gasteiger partial charge in [0.25, 0.3) is 5.91 Å². The van der Waals surface area contributed by atoms with Crippen molar-refractivity contribution in [1.29, 1.82) is 0 Å². The molecule has 0 aromatic heterocycles. The van der Waals surface area contributed by atoms with Crippen molar-refractivity contribution in [3.63, 3.8) is 0 Å². The van der Waals surface area contributed by atoms with Gasteiger partial charge in [-0.25, -0.2) is 0 Å². The molecule has 2 rings (SSSR count). The summed E-state index contributed by atoms with van der Waals surface area (Å²) in [5.41, 5.74) is 3.27. The highest BCUT2D eigenvalue weighted by molar-refractivity contribution is 6.30. The average molecular weight is 375 g/mol. The van der Waals surface area contributed by atoms with Gasteiger partial charge < -0.3 is 10.1 Å². The molecule has 0 aliphatic heterocycles. The summed E-state index contributed by atoms with van der Waals surface area (Å²) in [6.07, 6.45) is 0. The Kier molecular flexibility index (Phi) is 7.95. The van der Waals surface area contributed by atoms with Crippen LogP contribution in [0.2, 0.25) is 5.02 Å². The third-order valence-corrected chi connectivity index (χ3v) is 4.54. The minimum atomic E-state index is -0.147. The lowest BCUT2D eigenvalue weighted by atomic mass is 10.1. The first-order chi connectivity index (χ1) is 12.5. The molecule has 0 saturated carbocycles. The fourth-order valence-electron chi connectivity index (χ4n) is 2.64. The molecule has 140 valence electrons. The Labute approximate surface area is 161 Å². The van der Waals surface area contributed by atoms with E-state index in [1.165, 1.54) is 5.56 Å². The summed E-state index contributed by atoms with van der Waals surface area (Å²) < 4.78 is 5.55. The molecule has 0 unspecified atom stereocenters. The molecule has 2 aromatic rings. The maximum Gasteiger partial charge on any atom is 0.258 e. The summed E-state index contributed by atoms with van der Waals surface area (Å²) in [6, 6.07) is 13.7. The Morgan fingerprint density at radius 3 is 2.35 bits per heavy atom. The van der Waals surface area contributed by atoms with Crippen molar-refractivity contribution >= 4 is 17.5 Å². The maximum absolute atomic E-state index is 12.0. The Morgan fingerprint density at radius 2 is 1.73 bits per heavy atom. The van der Waals surface area contributed by atoms with Crippen LogP contribution in [0.15, 0.2) is 42.5 Å². The van der Waals surface area contributed by atoms with Gasteiger partial charge in [-0.3, -0.25) is 9.69 Å². The standard InChI is InChI=1S/C21H27ClN2O2/c1-4-24(5-2)14-18-8-6-17(7-9-18)13-23-21(25)15-26-20-11-10-19(22)12-16(20)3/h6-12H,4-5,13-15H2,1-3H3,(H,23,25). The molecule has 0 saturated heterocycles. The molecule has 0 fully saturated rings.